The first-order chi connectivity index (χ1) is 16.0. The fourth-order valence-electron chi connectivity index (χ4n) is 4.70. The van der Waals surface area contributed by atoms with Crippen molar-refractivity contribution in [2.24, 2.45) is 0 Å². The topological polar surface area (TPSA) is 61.9 Å². The third-order valence-corrected chi connectivity index (χ3v) is 7.68. The van der Waals surface area contributed by atoms with E-state index in [0.717, 1.165) is 59.3 Å². The van der Waals surface area contributed by atoms with Gasteiger partial charge in [-0.2, -0.15) is 0 Å². The Morgan fingerprint density at radius 3 is 2.70 bits per heavy atom. The summed E-state index contributed by atoms with van der Waals surface area (Å²) >= 11 is 7.95. The molecular formula is C25H31ClN4O2S. The number of aromatic nitrogens is 4. The van der Waals surface area contributed by atoms with Crippen molar-refractivity contribution in [3.05, 3.63) is 52.3 Å². The second-order valence-corrected chi connectivity index (χ2v) is 9.94. The zero-order chi connectivity index (χ0) is 23.4. The van der Waals surface area contributed by atoms with Gasteiger partial charge in [0.2, 0.25) is 0 Å². The largest absolute Gasteiger partial charge is 0.385 e. The average molecular weight is 487 g/mol. The minimum Gasteiger partial charge on any atom is -0.385 e. The van der Waals surface area contributed by atoms with Gasteiger partial charge in [0.15, 0.2) is 16.8 Å². The summed E-state index contributed by atoms with van der Waals surface area (Å²) in [6, 6.07) is 10.1. The second-order valence-electron chi connectivity index (χ2n) is 8.59. The van der Waals surface area contributed by atoms with E-state index in [9.17, 15) is 4.79 Å². The number of benzene rings is 1. The first kappa shape index (κ1) is 24.0. The quantitative estimate of drug-likeness (QED) is 0.195. The Hall–Kier alpha value is -2.09. The lowest BCUT2D eigenvalue weighted by Crippen LogP contribution is -2.11. The standard InChI is InChI=1S/C25H31ClN4O2S/c1-17-15-21(18(2)29(17)13-8-14-32-3)23(31)16-33-25-28-27-24(20-11-6-7-12-22(20)26)30(25)19-9-4-5-10-19/h6-7,11-12,15,19H,4-5,8-10,13-14,16H2,1-3H3. The van der Waals surface area contributed by atoms with Gasteiger partial charge in [0, 0.05) is 48.8 Å². The summed E-state index contributed by atoms with van der Waals surface area (Å²) in [6.45, 7) is 5.63. The fourth-order valence-corrected chi connectivity index (χ4v) is 5.80. The predicted molar refractivity (Wildman–Crippen MR) is 133 cm³/mol. The molecule has 0 bridgehead atoms. The van der Waals surface area contributed by atoms with Gasteiger partial charge in [-0.3, -0.25) is 9.36 Å². The van der Waals surface area contributed by atoms with E-state index in [0.29, 0.717) is 23.4 Å². The van der Waals surface area contributed by atoms with Gasteiger partial charge in [-0.05, 0) is 51.3 Å². The fraction of sp³-hybridized carbons (Fsp3) is 0.480. The normalized spacial score (nSPS) is 14.3. The number of carbonyl (C=O) groups is 1. The number of thioether (sulfide) groups is 1. The molecule has 2 aromatic heterocycles. The summed E-state index contributed by atoms with van der Waals surface area (Å²) in [5, 5.41) is 10.4. The molecule has 4 rings (SSSR count). The van der Waals surface area contributed by atoms with Gasteiger partial charge in [0.25, 0.3) is 0 Å². The van der Waals surface area contributed by atoms with E-state index in [1.54, 1.807) is 7.11 Å². The van der Waals surface area contributed by atoms with E-state index in [2.05, 4.69) is 26.3 Å². The molecule has 176 valence electrons. The van der Waals surface area contributed by atoms with Gasteiger partial charge < -0.3 is 9.30 Å². The number of carbonyl (C=O) groups excluding carboxylic acids is 1. The van der Waals surface area contributed by atoms with Crippen LogP contribution in [0.1, 0.15) is 59.9 Å². The van der Waals surface area contributed by atoms with Crippen molar-refractivity contribution in [3.63, 3.8) is 0 Å². The highest BCUT2D eigenvalue weighted by Gasteiger charge is 2.26. The number of rotatable bonds is 10. The Bertz CT molecular complexity index is 1120. The van der Waals surface area contributed by atoms with E-state index in [-0.39, 0.29) is 5.78 Å². The lowest BCUT2D eigenvalue weighted by molar-refractivity contribution is 0.102. The summed E-state index contributed by atoms with van der Waals surface area (Å²) in [5.41, 5.74) is 3.79. The summed E-state index contributed by atoms with van der Waals surface area (Å²) < 4.78 is 9.58. The maximum atomic E-state index is 13.2. The molecule has 0 N–H and O–H groups in total. The van der Waals surface area contributed by atoms with Gasteiger partial charge in [0.1, 0.15) is 0 Å². The van der Waals surface area contributed by atoms with Crippen molar-refractivity contribution in [2.45, 2.75) is 63.7 Å². The Kier molecular flexibility index (Phi) is 7.94. The molecule has 0 saturated heterocycles. The van der Waals surface area contributed by atoms with Crippen molar-refractivity contribution >= 4 is 29.1 Å². The highest BCUT2D eigenvalue weighted by Crippen LogP contribution is 2.38. The lowest BCUT2D eigenvalue weighted by atomic mass is 10.2. The van der Waals surface area contributed by atoms with Crippen LogP contribution in [-0.4, -0.2) is 44.6 Å². The van der Waals surface area contributed by atoms with Crippen LogP contribution in [0.4, 0.5) is 0 Å². The predicted octanol–water partition coefficient (Wildman–Crippen LogP) is 6.14. The van der Waals surface area contributed by atoms with Crippen LogP contribution in [0.5, 0.6) is 0 Å². The number of hydrogen-bond donors (Lipinski definition) is 0. The Balaban J connectivity index is 1.55. The summed E-state index contributed by atoms with van der Waals surface area (Å²) in [5.74, 6) is 1.24. The smallest absolute Gasteiger partial charge is 0.192 e. The van der Waals surface area contributed by atoms with Crippen LogP contribution in [0.15, 0.2) is 35.5 Å². The maximum absolute atomic E-state index is 13.2. The highest BCUT2D eigenvalue weighted by molar-refractivity contribution is 7.99. The van der Waals surface area contributed by atoms with E-state index in [1.807, 2.05) is 37.3 Å². The molecule has 0 spiro atoms. The van der Waals surface area contributed by atoms with Crippen molar-refractivity contribution in [1.29, 1.82) is 0 Å². The zero-order valence-electron chi connectivity index (χ0n) is 19.5. The van der Waals surface area contributed by atoms with Crippen LogP contribution in [0.25, 0.3) is 11.4 Å². The molecule has 0 unspecified atom stereocenters. The molecule has 1 saturated carbocycles. The van der Waals surface area contributed by atoms with Gasteiger partial charge in [-0.15, -0.1) is 10.2 Å². The molecule has 0 amide bonds. The van der Waals surface area contributed by atoms with Crippen molar-refractivity contribution in [2.75, 3.05) is 19.5 Å². The molecule has 8 heteroatoms. The van der Waals surface area contributed by atoms with Gasteiger partial charge in [-0.25, -0.2) is 0 Å². The summed E-state index contributed by atoms with van der Waals surface area (Å²) in [7, 11) is 1.71. The van der Waals surface area contributed by atoms with E-state index < -0.39 is 0 Å². The Morgan fingerprint density at radius 2 is 1.97 bits per heavy atom. The molecule has 1 aliphatic carbocycles. The number of halogens is 1. The van der Waals surface area contributed by atoms with Crippen molar-refractivity contribution < 1.29 is 9.53 Å². The SMILES string of the molecule is COCCCn1c(C)cc(C(=O)CSc2nnc(-c3ccccc3Cl)n2C2CCCC2)c1C. The van der Waals surface area contributed by atoms with Crippen LogP contribution in [0.3, 0.4) is 0 Å². The number of ketones is 1. The average Bonchev–Trinajstić information content (AvgIpc) is 3.53. The molecule has 1 fully saturated rings. The maximum Gasteiger partial charge on any atom is 0.192 e. The molecule has 0 aliphatic heterocycles. The Morgan fingerprint density at radius 1 is 1.21 bits per heavy atom. The minimum atomic E-state index is 0.117. The van der Waals surface area contributed by atoms with Gasteiger partial charge in [-0.1, -0.05) is 48.3 Å². The molecule has 33 heavy (non-hydrogen) atoms. The first-order valence-corrected chi connectivity index (χ1v) is 12.9. The molecule has 1 aromatic carbocycles. The molecule has 2 heterocycles. The second kappa shape index (κ2) is 10.9. The monoisotopic (exact) mass is 486 g/mol. The van der Waals surface area contributed by atoms with E-state index in [4.69, 9.17) is 16.3 Å². The van der Waals surface area contributed by atoms with Gasteiger partial charge in [0.05, 0.1) is 10.8 Å². The highest BCUT2D eigenvalue weighted by atomic mass is 35.5. The number of hydrogen-bond acceptors (Lipinski definition) is 5. The van der Waals surface area contributed by atoms with Crippen molar-refractivity contribution in [3.8, 4) is 11.4 Å². The number of aryl methyl sites for hydroxylation is 1. The molecule has 1 aliphatic rings. The summed E-state index contributed by atoms with van der Waals surface area (Å²) in [6.07, 6.45) is 5.51. The molecule has 0 atom stereocenters. The molecular weight excluding hydrogens is 456 g/mol. The minimum absolute atomic E-state index is 0.117. The lowest BCUT2D eigenvalue weighted by Gasteiger charge is -2.17. The molecule has 3 aromatic rings. The zero-order valence-corrected chi connectivity index (χ0v) is 21.1. The van der Waals surface area contributed by atoms with Crippen LogP contribution < -0.4 is 0 Å². The third kappa shape index (κ3) is 5.20. The first-order valence-electron chi connectivity index (χ1n) is 11.5. The van der Waals surface area contributed by atoms with E-state index >= 15 is 0 Å². The molecule has 0 radical (unpaired) electrons. The number of ether oxygens (including phenoxy) is 1. The van der Waals surface area contributed by atoms with Crippen LogP contribution in [-0.2, 0) is 11.3 Å². The summed E-state index contributed by atoms with van der Waals surface area (Å²) in [4.78, 5) is 13.2. The van der Waals surface area contributed by atoms with Gasteiger partial charge >= 0.3 is 0 Å². The Labute approximate surface area is 204 Å². The van der Waals surface area contributed by atoms with Crippen molar-refractivity contribution in [1.82, 2.24) is 19.3 Å². The number of nitrogens with zero attached hydrogens (tertiary/aromatic N) is 4. The van der Waals surface area contributed by atoms with Crippen LogP contribution in [0.2, 0.25) is 5.02 Å². The van der Waals surface area contributed by atoms with E-state index in [1.165, 1.54) is 24.6 Å². The van der Waals surface area contributed by atoms with Crippen LogP contribution >= 0.6 is 23.4 Å². The number of methoxy groups -OCH3 is 1. The molecule has 6 nitrogen and oxygen atoms in total. The van der Waals surface area contributed by atoms with Crippen LogP contribution in [0, 0.1) is 13.8 Å². The number of Topliss-reactive ketones (excluding diaryl/α,β-unsaturated/α-hetero) is 1. The third-order valence-electron chi connectivity index (χ3n) is 6.41.